The lowest BCUT2D eigenvalue weighted by atomic mass is 9.79. The maximum atomic E-state index is 15.9. The Morgan fingerprint density at radius 2 is 1.86 bits per heavy atom. The smallest absolute Gasteiger partial charge is 0.408 e. The van der Waals surface area contributed by atoms with Crippen molar-refractivity contribution in [3.8, 4) is 0 Å². The minimum atomic E-state index is -1.03. The fraction of sp³-hybridized carbons (Fsp3) is 0.444. The second kappa shape index (κ2) is 10.2. The van der Waals surface area contributed by atoms with E-state index in [1.165, 1.54) is 9.80 Å². The fourth-order valence-electron chi connectivity index (χ4n) is 5.17. The molecule has 2 aliphatic heterocycles. The van der Waals surface area contributed by atoms with Gasteiger partial charge in [-0.2, -0.15) is 0 Å². The number of nitrogens with one attached hydrogen (secondary N) is 1. The Labute approximate surface area is 210 Å². The Bertz CT molecular complexity index is 1150. The molecular formula is C27H32FN3O5. The monoisotopic (exact) mass is 497 g/mol. The van der Waals surface area contributed by atoms with Crippen molar-refractivity contribution in [2.45, 2.75) is 58.7 Å². The highest BCUT2D eigenvalue weighted by Gasteiger charge is 2.40. The number of rotatable bonds is 4. The third-order valence-electron chi connectivity index (χ3n) is 6.76. The molecule has 4 rings (SSSR count). The van der Waals surface area contributed by atoms with E-state index in [1.807, 2.05) is 51.1 Å². The molecule has 0 radical (unpaired) electrons. The first-order valence-electron chi connectivity index (χ1n) is 12.2. The number of alkyl carbamates (subject to hydrolysis) is 1. The van der Waals surface area contributed by atoms with Gasteiger partial charge in [-0.05, 0) is 47.4 Å². The largest absolute Gasteiger partial charge is 0.465 e. The predicted octanol–water partition coefficient (Wildman–Crippen LogP) is 4.87. The molecule has 3 amide bonds. The highest BCUT2D eigenvalue weighted by Crippen LogP contribution is 2.44. The summed E-state index contributed by atoms with van der Waals surface area (Å²) in [4.78, 5) is 40.0. The zero-order valence-corrected chi connectivity index (χ0v) is 20.8. The van der Waals surface area contributed by atoms with Crippen LogP contribution >= 0.6 is 0 Å². The van der Waals surface area contributed by atoms with Gasteiger partial charge in [0.05, 0.1) is 11.7 Å². The van der Waals surface area contributed by atoms with Gasteiger partial charge in [0.1, 0.15) is 18.5 Å². The molecule has 0 saturated carbocycles. The molecule has 0 aromatic heterocycles. The molecule has 0 spiro atoms. The number of halogens is 1. The van der Waals surface area contributed by atoms with Gasteiger partial charge in [-0.25, -0.2) is 14.0 Å². The number of fused-ring (bicyclic) bond motifs is 1. The third kappa shape index (κ3) is 5.15. The summed E-state index contributed by atoms with van der Waals surface area (Å²) >= 11 is 0. The Kier molecular flexibility index (Phi) is 7.19. The topological polar surface area (TPSA) is 99.2 Å². The fourth-order valence-corrected chi connectivity index (χ4v) is 5.17. The first-order chi connectivity index (χ1) is 17.1. The summed E-state index contributed by atoms with van der Waals surface area (Å²) in [5, 5.41) is 12.4. The summed E-state index contributed by atoms with van der Waals surface area (Å²) in [6.07, 6.45) is -0.551. The predicted molar refractivity (Wildman–Crippen MR) is 132 cm³/mol. The summed E-state index contributed by atoms with van der Waals surface area (Å²) in [5.74, 6) is -0.909. The minimum absolute atomic E-state index is 0.0824. The van der Waals surface area contributed by atoms with Crippen LogP contribution < -0.4 is 10.2 Å². The molecule has 0 aliphatic carbocycles. The van der Waals surface area contributed by atoms with E-state index in [1.54, 1.807) is 12.1 Å². The summed E-state index contributed by atoms with van der Waals surface area (Å²) in [6, 6.07) is 11.2. The van der Waals surface area contributed by atoms with E-state index in [9.17, 15) is 19.5 Å². The second-order valence-corrected chi connectivity index (χ2v) is 10.4. The van der Waals surface area contributed by atoms with Crippen molar-refractivity contribution in [3.63, 3.8) is 0 Å². The van der Waals surface area contributed by atoms with E-state index in [2.05, 4.69) is 5.32 Å². The molecule has 1 saturated heterocycles. The molecule has 2 heterocycles. The van der Waals surface area contributed by atoms with Crippen LogP contribution in [0.1, 0.15) is 56.3 Å². The van der Waals surface area contributed by atoms with Crippen LogP contribution in [0.15, 0.2) is 42.5 Å². The number of nitrogens with zero attached hydrogens (tertiary/aromatic N) is 2. The van der Waals surface area contributed by atoms with Crippen molar-refractivity contribution in [1.82, 2.24) is 10.2 Å². The molecule has 36 heavy (non-hydrogen) atoms. The van der Waals surface area contributed by atoms with Crippen LogP contribution in [0.5, 0.6) is 0 Å². The number of benzene rings is 2. The van der Waals surface area contributed by atoms with E-state index in [0.717, 1.165) is 5.56 Å². The van der Waals surface area contributed by atoms with Gasteiger partial charge in [0.25, 0.3) is 0 Å². The van der Waals surface area contributed by atoms with Crippen molar-refractivity contribution < 1.29 is 28.6 Å². The molecule has 2 aromatic rings. The van der Waals surface area contributed by atoms with Crippen molar-refractivity contribution in [1.29, 1.82) is 0 Å². The van der Waals surface area contributed by atoms with E-state index in [-0.39, 0.29) is 18.8 Å². The van der Waals surface area contributed by atoms with E-state index in [4.69, 9.17) is 4.74 Å². The van der Waals surface area contributed by atoms with Crippen LogP contribution in [0.25, 0.3) is 0 Å². The molecule has 9 heteroatoms. The van der Waals surface area contributed by atoms with Gasteiger partial charge in [-0.15, -0.1) is 0 Å². The first kappa shape index (κ1) is 25.5. The Hall–Kier alpha value is -3.62. The zero-order chi connectivity index (χ0) is 26.0. The lowest BCUT2D eigenvalue weighted by molar-refractivity contribution is -0.118. The van der Waals surface area contributed by atoms with Crippen LogP contribution in [0.4, 0.5) is 19.7 Å². The van der Waals surface area contributed by atoms with E-state index < -0.39 is 41.4 Å². The Morgan fingerprint density at radius 1 is 1.14 bits per heavy atom. The van der Waals surface area contributed by atoms with Gasteiger partial charge in [0, 0.05) is 13.1 Å². The number of carboxylic acid groups (broad SMARTS) is 1. The number of carbonyl (C=O) groups is 3. The molecule has 2 aliphatic rings. The lowest BCUT2D eigenvalue weighted by Gasteiger charge is -2.38. The van der Waals surface area contributed by atoms with Crippen molar-refractivity contribution in [3.05, 3.63) is 65.0 Å². The molecule has 2 N–H and O–H groups in total. The number of amides is 3. The SMILES string of the molecule is CC(C)(C)C1c2ccc(N3CC[C@H](NC(=O)OCc4ccccc4)C3=O)c(F)c2CCCN1C(=O)O. The van der Waals surface area contributed by atoms with Crippen molar-refractivity contribution >= 4 is 23.8 Å². The number of anilines is 1. The number of carbonyl (C=O) groups excluding carboxylic acids is 2. The van der Waals surface area contributed by atoms with Crippen LogP contribution in [0, 0.1) is 11.2 Å². The average molecular weight is 498 g/mol. The summed E-state index contributed by atoms with van der Waals surface area (Å²) in [5.41, 5.74) is 1.60. The van der Waals surface area contributed by atoms with Crippen LogP contribution in [-0.2, 0) is 22.6 Å². The van der Waals surface area contributed by atoms with Crippen LogP contribution in [-0.4, -0.2) is 47.2 Å². The number of ether oxygens (including phenoxy) is 1. The third-order valence-corrected chi connectivity index (χ3v) is 6.76. The van der Waals surface area contributed by atoms with E-state index in [0.29, 0.717) is 36.9 Å². The molecule has 8 nitrogen and oxygen atoms in total. The van der Waals surface area contributed by atoms with Gasteiger partial charge in [0.2, 0.25) is 5.91 Å². The highest BCUT2D eigenvalue weighted by molar-refractivity contribution is 6.01. The Balaban J connectivity index is 1.51. The van der Waals surface area contributed by atoms with Gasteiger partial charge in [-0.1, -0.05) is 57.2 Å². The molecule has 2 aromatic carbocycles. The summed E-state index contributed by atoms with van der Waals surface area (Å²) in [7, 11) is 0. The quantitative estimate of drug-likeness (QED) is 0.628. The molecule has 0 bridgehead atoms. The molecule has 1 unspecified atom stereocenters. The molecular weight excluding hydrogens is 465 g/mol. The summed E-state index contributed by atoms with van der Waals surface area (Å²) < 4.78 is 21.1. The standard InChI is InChI=1S/C27H32FN3O5/c1-27(2,3)23-19-11-12-21(22(28)18(19)10-7-14-31(23)26(34)35)30-15-13-20(24(30)32)29-25(33)36-16-17-8-5-4-6-9-17/h4-6,8-9,11-12,20,23H,7,10,13-16H2,1-3H3,(H,29,33)(H,34,35)/t20-,23?/m0/s1. The summed E-state index contributed by atoms with van der Waals surface area (Å²) in [6.45, 7) is 6.45. The van der Waals surface area contributed by atoms with Crippen LogP contribution in [0.2, 0.25) is 0 Å². The average Bonchev–Trinajstić information content (AvgIpc) is 3.04. The minimum Gasteiger partial charge on any atom is -0.465 e. The molecule has 192 valence electrons. The van der Waals surface area contributed by atoms with Gasteiger partial charge >= 0.3 is 12.2 Å². The normalized spacial score (nSPS) is 20.1. The first-order valence-corrected chi connectivity index (χ1v) is 12.2. The highest BCUT2D eigenvalue weighted by atomic mass is 19.1. The second-order valence-electron chi connectivity index (χ2n) is 10.4. The number of hydrogen-bond acceptors (Lipinski definition) is 4. The molecule has 1 fully saturated rings. The van der Waals surface area contributed by atoms with E-state index >= 15 is 4.39 Å². The zero-order valence-electron chi connectivity index (χ0n) is 20.8. The maximum absolute atomic E-state index is 15.9. The molecule has 2 atom stereocenters. The van der Waals surface area contributed by atoms with Gasteiger partial charge in [-0.3, -0.25) is 4.79 Å². The van der Waals surface area contributed by atoms with Crippen LogP contribution in [0.3, 0.4) is 0 Å². The maximum Gasteiger partial charge on any atom is 0.408 e. The van der Waals surface area contributed by atoms with Gasteiger partial charge < -0.3 is 25.0 Å². The lowest BCUT2D eigenvalue weighted by Crippen LogP contribution is -2.42. The number of hydrogen-bond donors (Lipinski definition) is 2. The van der Waals surface area contributed by atoms with Crippen molar-refractivity contribution in [2.75, 3.05) is 18.0 Å². The Morgan fingerprint density at radius 3 is 2.53 bits per heavy atom. The van der Waals surface area contributed by atoms with Crippen molar-refractivity contribution in [2.24, 2.45) is 5.41 Å². The van der Waals surface area contributed by atoms with Gasteiger partial charge in [0.15, 0.2) is 0 Å².